The Bertz CT molecular complexity index is 1500. The molecule has 0 aliphatic heterocycles. The summed E-state index contributed by atoms with van der Waals surface area (Å²) in [6, 6.07) is 33.4. The lowest BCUT2D eigenvalue weighted by Gasteiger charge is -2.22. The van der Waals surface area contributed by atoms with E-state index in [2.05, 4.69) is 62.5 Å². The van der Waals surface area contributed by atoms with Gasteiger partial charge in [-0.1, -0.05) is 118 Å². The van der Waals surface area contributed by atoms with Gasteiger partial charge in [-0.25, -0.2) is 4.98 Å². The van der Waals surface area contributed by atoms with Crippen molar-refractivity contribution in [2.45, 2.75) is 32.6 Å². The molecule has 0 spiro atoms. The van der Waals surface area contributed by atoms with Crippen LogP contribution in [0.4, 0.5) is 11.6 Å². The molecule has 6 rings (SSSR count). The van der Waals surface area contributed by atoms with Crippen molar-refractivity contribution in [1.82, 2.24) is 15.0 Å². The molecule has 1 aliphatic carbocycles. The summed E-state index contributed by atoms with van der Waals surface area (Å²) >= 11 is 0. The minimum Gasteiger partial charge on any atom is -0.323 e. The van der Waals surface area contributed by atoms with Gasteiger partial charge in [-0.05, 0) is 28.7 Å². The lowest BCUT2D eigenvalue weighted by Crippen LogP contribution is -2.15. The molecule has 0 saturated carbocycles. The molecule has 0 amide bonds. The summed E-state index contributed by atoms with van der Waals surface area (Å²) in [5.74, 6) is 1.85. The summed E-state index contributed by atoms with van der Waals surface area (Å²) in [5, 5.41) is 3.66. The van der Waals surface area contributed by atoms with Crippen LogP contribution >= 0.6 is 0 Å². The zero-order chi connectivity index (χ0) is 24.7. The molecule has 0 atom stereocenters. The van der Waals surface area contributed by atoms with E-state index in [9.17, 15) is 0 Å². The monoisotopic (exact) mass is 468 g/mol. The minimum atomic E-state index is -0.0713. The summed E-state index contributed by atoms with van der Waals surface area (Å²) in [6.45, 7) is 6.80. The van der Waals surface area contributed by atoms with Crippen LogP contribution in [-0.4, -0.2) is 15.0 Å². The van der Waals surface area contributed by atoms with Crippen LogP contribution in [0.15, 0.2) is 97.1 Å². The van der Waals surface area contributed by atoms with Crippen LogP contribution < -0.4 is 5.32 Å². The topological polar surface area (TPSA) is 50.7 Å². The first kappa shape index (κ1) is 22.2. The molecular weight excluding hydrogens is 440 g/mol. The maximum absolute atomic E-state index is 4.88. The molecule has 4 aromatic carbocycles. The number of fused-ring (bicyclic) bond motifs is 3. The molecule has 1 aliphatic rings. The smallest absolute Gasteiger partial charge is 0.231 e. The molecule has 1 N–H and O–H groups in total. The summed E-state index contributed by atoms with van der Waals surface area (Å²) in [5.41, 5.74) is 9.36. The van der Waals surface area contributed by atoms with Gasteiger partial charge in [0.15, 0.2) is 11.6 Å². The SMILES string of the molecule is CCc1ccc2c(c1Nc1nc(-c3ccccc3)nc(-c3ccccc3)n1)-c1ccccc1C2(C)C. The van der Waals surface area contributed by atoms with E-state index in [4.69, 9.17) is 15.0 Å². The average molecular weight is 469 g/mol. The van der Waals surface area contributed by atoms with Crippen LogP contribution in [0.3, 0.4) is 0 Å². The number of aromatic nitrogens is 3. The number of nitrogens with zero attached hydrogens (tertiary/aromatic N) is 3. The van der Waals surface area contributed by atoms with Gasteiger partial charge in [0.2, 0.25) is 5.95 Å². The van der Waals surface area contributed by atoms with Gasteiger partial charge >= 0.3 is 0 Å². The van der Waals surface area contributed by atoms with Gasteiger partial charge in [-0.2, -0.15) is 9.97 Å². The van der Waals surface area contributed by atoms with E-state index < -0.39 is 0 Å². The van der Waals surface area contributed by atoms with Crippen LogP contribution in [0.25, 0.3) is 33.9 Å². The lowest BCUT2D eigenvalue weighted by atomic mass is 9.82. The van der Waals surface area contributed by atoms with Gasteiger partial charge in [0.1, 0.15) is 0 Å². The predicted molar refractivity (Wildman–Crippen MR) is 147 cm³/mol. The highest BCUT2D eigenvalue weighted by atomic mass is 15.2. The summed E-state index contributed by atoms with van der Waals surface area (Å²) < 4.78 is 0. The molecule has 4 nitrogen and oxygen atoms in total. The number of anilines is 2. The molecule has 0 fully saturated rings. The van der Waals surface area contributed by atoms with Crippen LogP contribution in [0.5, 0.6) is 0 Å². The van der Waals surface area contributed by atoms with Gasteiger partial charge in [0, 0.05) is 22.1 Å². The van der Waals surface area contributed by atoms with E-state index in [-0.39, 0.29) is 5.41 Å². The molecule has 0 unspecified atom stereocenters. The quantitative estimate of drug-likeness (QED) is 0.286. The highest BCUT2D eigenvalue weighted by molar-refractivity contribution is 5.92. The maximum Gasteiger partial charge on any atom is 0.231 e. The van der Waals surface area contributed by atoms with Crippen molar-refractivity contribution in [2.24, 2.45) is 0 Å². The van der Waals surface area contributed by atoms with Crippen LogP contribution in [0, 0.1) is 0 Å². The molecule has 0 radical (unpaired) electrons. The van der Waals surface area contributed by atoms with Gasteiger partial charge in [-0.15, -0.1) is 0 Å². The molecule has 0 bridgehead atoms. The van der Waals surface area contributed by atoms with Crippen LogP contribution in [0.1, 0.15) is 37.5 Å². The molecule has 176 valence electrons. The Morgan fingerprint density at radius 3 is 1.83 bits per heavy atom. The lowest BCUT2D eigenvalue weighted by molar-refractivity contribution is 0.660. The van der Waals surface area contributed by atoms with Gasteiger partial charge in [0.25, 0.3) is 0 Å². The zero-order valence-electron chi connectivity index (χ0n) is 20.8. The summed E-state index contributed by atoms with van der Waals surface area (Å²) in [7, 11) is 0. The minimum absolute atomic E-state index is 0.0713. The third-order valence-electron chi connectivity index (χ3n) is 7.15. The Labute approximate surface area is 212 Å². The molecule has 0 saturated heterocycles. The first-order chi connectivity index (χ1) is 17.6. The molecule has 36 heavy (non-hydrogen) atoms. The second-order valence-corrected chi connectivity index (χ2v) is 9.71. The molecule has 1 aromatic heterocycles. The average Bonchev–Trinajstić information content (AvgIpc) is 3.16. The molecular formula is C32H28N4. The van der Waals surface area contributed by atoms with E-state index in [0.29, 0.717) is 17.6 Å². The first-order valence-electron chi connectivity index (χ1n) is 12.5. The van der Waals surface area contributed by atoms with E-state index >= 15 is 0 Å². The summed E-state index contributed by atoms with van der Waals surface area (Å²) in [4.78, 5) is 14.6. The molecule has 4 heteroatoms. The van der Waals surface area contributed by atoms with Gasteiger partial charge in [-0.3, -0.25) is 0 Å². The second-order valence-electron chi connectivity index (χ2n) is 9.71. The first-order valence-corrected chi connectivity index (χ1v) is 12.5. The fourth-order valence-corrected chi connectivity index (χ4v) is 5.25. The number of benzene rings is 4. The van der Waals surface area contributed by atoms with Gasteiger partial charge < -0.3 is 5.32 Å². The van der Waals surface area contributed by atoms with Crippen molar-refractivity contribution in [3.63, 3.8) is 0 Å². The van der Waals surface area contributed by atoms with Crippen molar-refractivity contribution in [2.75, 3.05) is 5.32 Å². The highest BCUT2D eigenvalue weighted by Crippen LogP contribution is 2.52. The molecule has 5 aromatic rings. The van der Waals surface area contributed by atoms with Crippen molar-refractivity contribution in [3.05, 3.63) is 114 Å². The molecule has 1 heterocycles. The van der Waals surface area contributed by atoms with E-state index in [1.54, 1.807) is 0 Å². The number of nitrogens with one attached hydrogen (secondary N) is 1. The summed E-state index contributed by atoms with van der Waals surface area (Å²) in [6.07, 6.45) is 0.903. The maximum atomic E-state index is 4.88. The Morgan fingerprint density at radius 1 is 0.639 bits per heavy atom. The Morgan fingerprint density at radius 2 is 1.22 bits per heavy atom. The number of hydrogen-bond acceptors (Lipinski definition) is 4. The van der Waals surface area contributed by atoms with Crippen LogP contribution in [0.2, 0.25) is 0 Å². The normalized spacial score (nSPS) is 13.2. The number of rotatable bonds is 5. The Hall–Kier alpha value is -4.31. The largest absolute Gasteiger partial charge is 0.323 e. The predicted octanol–water partition coefficient (Wildman–Crippen LogP) is 7.82. The van der Waals surface area contributed by atoms with E-state index in [0.717, 1.165) is 23.2 Å². The Balaban J connectivity index is 1.55. The Kier molecular flexibility index (Phi) is 5.37. The second kappa shape index (κ2) is 8.72. The third kappa shape index (κ3) is 3.66. The van der Waals surface area contributed by atoms with Crippen LogP contribution in [-0.2, 0) is 11.8 Å². The zero-order valence-corrected chi connectivity index (χ0v) is 20.8. The van der Waals surface area contributed by atoms with Gasteiger partial charge in [0.05, 0.1) is 5.69 Å². The van der Waals surface area contributed by atoms with Crippen molar-refractivity contribution >= 4 is 11.6 Å². The van der Waals surface area contributed by atoms with E-state index in [1.807, 2.05) is 60.7 Å². The third-order valence-corrected chi connectivity index (χ3v) is 7.15. The standard InChI is InChI=1S/C32H28N4/c1-4-21-19-20-26-27(24-17-11-12-18-25(24)32(26,2)3)28(21)33-31-35-29(22-13-7-5-8-14-22)34-30(36-31)23-15-9-6-10-16-23/h5-20H,4H2,1-3H3,(H,33,34,35,36). The number of hydrogen-bond donors (Lipinski definition) is 1. The van der Waals surface area contributed by atoms with Crippen molar-refractivity contribution in [1.29, 1.82) is 0 Å². The fourth-order valence-electron chi connectivity index (χ4n) is 5.25. The van der Waals surface area contributed by atoms with Crippen molar-refractivity contribution < 1.29 is 0 Å². The van der Waals surface area contributed by atoms with Crippen molar-refractivity contribution in [3.8, 4) is 33.9 Å². The fraction of sp³-hybridized carbons (Fsp3) is 0.156. The van der Waals surface area contributed by atoms with E-state index in [1.165, 1.54) is 27.8 Å². The number of aryl methyl sites for hydroxylation is 1. The highest BCUT2D eigenvalue weighted by Gasteiger charge is 2.37.